The van der Waals surface area contributed by atoms with Gasteiger partial charge in [-0.05, 0) is 80.2 Å². The van der Waals surface area contributed by atoms with Crippen molar-refractivity contribution >= 4 is 86.8 Å². The first-order valence-corrected chi connectivity index (χ1v) is 20.8. The molecule has 282 valence electrons. The van der Waals surface area contributed by atoms with E-state index in [0.29, 0.717) is 0 Å². The van der Waals surface area contributed by atoms with Gasteiger partial charge in [0.05, 0.1) is 22.4 Å². The second-order valence-corrected chi connectivity index (χ2v) is 16.1. The van der Waals surface area contributed by atoms with Crippen molar-refractivity contribution in [3.05, 3.63) is 206 Å². The van der Waals surface area contributed by atoms with Gasteiger partial charge in [0.25, 0.3) is 0 Å². The monoisotopic (exact) mass is 774 g/mol. The molecule has 0 radical (unpaired) electrons. The number of nitrogens with zero attached hydrogens (tertiary/aromatic N) is 2. The van der Waals surface area contributed by atoms with E-state index in [-0.39, 0.29) is 0 Å². The highest BCUT2D eigenvalue weighted by Gasteiger charge is 2.19. The van der Waals surface area contributed by atoms with Crippen molar-refractivity contribution in [1.82, 2.24) is 9.97 Å². The summed E-state index contributed by atoms with van der Waals surface area (Å²) in [5, 5.41) is 13.8. The van der Waals surface area contributed by atoms with E-state index < -0.39 is 0 Å². The maximum Gasteiger partial charge on any atom is 0.144 e. The third-order valence-corrected chi connectivity index (χ3v) is 12.6. The van der Waals surface area contributed by atoms with Gasteiger partial charge in [-0.3, -0.25) is 0 Å². The van der Waals surface area contributed by atoms with Gasteiger partial charge < -0.3 is 4.42 Å². The first kappa shape index (κ1) is 33.8. The smallest absolute Gasteiger partial charge is 0.144 e. The molecule has 0 atom stereocenters. The lowest BCUT2D eigenvalue weighted by atomic mass is 9.93. The number of aromatic nitrogens is 2. The zero-order chi connectivity index (χ0) is 40.0. The predicted octanol–water partition coefficient (Wildman–Crippen LogP) is 16.0. The van der Waals surface area contributed by atoms with E-state index in [9.17, 15) is 0 Å². The van der Waals surface area contributed by atoms with Crippen molar-refractivity contribution in [2.45, 2.75) is 0 Å². The topological polar surface area (TPSA) is 38.9 Å². The zero-order valence-corrected chi connectivity index (χ0v) is 32.9. The van der Waals surface area contributed by atoms with Gasteiger partial charge >= 0.3 is 0 Å². The van der Waals surface area contributed by atoms with Crippen molar-refractivity contribution in [3.63, 3.8) is 0 Å². The normalized spacial score (nSPS) is 11.9. The Labute approximate surface area is 350 Å². The molecule has 3 heterocycles. The van der Waals surface area contributed by atoms with Gasteiger partial charge in [-0.1, -0.05) is 170 Å². The molecule has 0 fully saturated rings. The Morgan fingerprint density at radius 3 is 1.66 bits per heavy atom. The number of hydrogen-bond acceptors (Lipinski definition) is 3. The summed E-state index contributed by atoms with van der Waals surface area (Å²) < 4.78 is 6.61. The Morgan fingerprint density at radius 2 is 0.869 bits per heavy atom. The Kier molecular flexibility index (Phi) is 7.31. The lowest BCUT2D eigenvalue weighted by molar-refractivity contribution is 0.673. The third-order valence-electron chi connectivity index (χ3n) is 12.6. The molecular formula is C58H34N2O. The highest BCUT2D eigenvalue weighted by atomic mass is 16.3. The molecule has 3 aromatic heterocycles. The first-order valence-electron chi connectivity index (χ1n) is 20.8. The van der Waals surface area contributed by atoms with E-state index in [1.165, 1.54) is 43.4 Å². The summed E-state index contributed by atoms with van der Waals surface area (Å²) in [5.41, 5.74) is 12.5. The fraction of sp³-hybridized carbons (Fsp3) is 0. The Morgan fingerprint density at radius 1 is 0.295 bits per heavy atom. The molecule has 0 N–H and O–H groups in total. The van der Waals surface area contributed by atoms with Gasteiger partial charge in [0.1, 0.15) is 11.2 Å². The molecule has 61 heavy (non-hydrogen) atoms. The van der Waals surface area contributed by atoms with Crippen LogP contribution in [0.2, 0.25) is 0 Å². The van der Waals surface area contributed by atoms with E-state index >= 15 is 0 Å². The summed E-state index contributed by atoms with van der Waals surface area (Å²) in [6, 6.07) is 73.8. The van der Waals surface area contributed by atoms with Crippen molar-refractivity contribution in [2.24, 2.45) is 0 Å². The fourth-order valence-corrected chi connectivity index (χ4v) is 9.60. The minimum Gasteiger partial charge on any atom is -0.455 e. The van der Waals surface area contributed by atoms with Gasteiger partial charge in [0, 0.05) is 54.2 Å². The maximum atomic E-state index is 6.61. The van der Waals surface area contributed by atoms with Crippen LogP contribution in [-0.4, -0.2) is 9.97 Å². The highest BCUT2D eigenvalue weighted by Crippen LogP contribution is 2.42. The summed E-state index contributed by atoms with van der Waals surface area (Å²) in [7, 11) is 0. The molecule has 0 bridgehead atoms. The van der Waals surface area contributed by atoms with Crippen LogP contribution in [0.1, 0.15) is 0 Å². The SMILES string of the molecule is c1ccc(-c2nc3c4ccccc4ccc3c3cc4ccc(-c5ccc(-c6ccc7c(c6)nc(-c6ccccc6)c6ccc8c9ccccc9oc8c67)cc5)cc4cc23)cc1. The van der Waals surface area contributed by atoms with E-state index in [2.05, 4.69) is 188 Å². The largest absolute Gasteiger partial charge is 0.455 e. The van der Waals surface area contributed by atoms with Crippen LogP contribution in [0.25, 0.3) is 132 Å². The molecule has 0 amide bonds. The molecule has 0 saturated carbocycles. The van der Waals surface area contributed by atoms with E-state index in [1.807, 2.05) is 18.2 Å². The van der Waals surface area contributed by atoms with E-state index in [1.54, 1.807) is 0 Å². The fourth-order valence-electron chi connectivity index (χ4n) is 9.60. The molecule has 10 aromatic carbocycles. The molecule has 3 nitrogen and oxygen atoms in total. The van der Waals surface area contributed by atoms with Crippen LogP contribution in [-0.2, 0) is 0 Å². The third kappa shape index (κ3) is 5.31. The molecule has 0 aliphatic rings. The Balaban J connectivity index is 0.925. The molecule has 13 aromatic rings. The summed E-state index contributed by atoms with van der Waals surface area (Å²) >= 11 is 0. The van der Waals surface area contributed by atoms with E-state index in [4.69, 9.17) is 14.4 Å². The number of fused-ring (bicyclic) bond motifs is 13. The molecule has 0 spiro atoms. The standard InChI is InChI=1S/C58H34N2O/c1-3-12-38(13-4-1)55-49-30-29-47-45-17-9-10-18-53(45)61-58(47)54(49)48-28-26-42(34-52(48)59-55)36-21-19-35(20-22-36)40-23-24-41-32-50-46-27-25-37-11-7-8-16-44(37)57(46)60-56(39-14-5-2-6-15-39)51(50)33-43(41)31-40/h1-34H. The second-order valence-electron chi connectivity index (χ2n) is 16.1. The number of para-hydroxylation sites is 1. The zero-order valence-electron chi connectivity index (χ0n) is 32.9. The van der Waals surface area contributed by atoms with Crippen molar-refractivity contribution < 1.29 is 4.42 Å². The van der Waals surface area contributed by atoms with Gasteiger partial charge in [0.15, 0.2) is 0 Å². The average Bonchev–Trinajstić information content (AvgIpc) is 3.72. The van der Waals surface area contributed by atoms with Crippen LogP contribution >= 0.6 is 0 Å². The second kappa shape index (κ2) is 13.2. The van der Waals surface area contributed by atoms with Crippen LogP contribution < -0.4 is 0 Å². The maximum absolute atomic E-state index is 6.61. The van der Waals surface area contributed by atoms with Gasteiger partial charge in [-0.25, -0.2) is 9.97 Å². The molecule has 3 heteroatoms. The molecule has 0 aliphatic heterocycles. The van der Waals surface area contributed by atoms with Crippen LogP contribution in [0, 0.1) is 0 Å². The van der Waals surface area contributed by atoms with Crippen molar-refractivity contribution in [3.8, 4) is 44.8 Å². The Bertz CT molecular complexity index is 3910. The summed E-state index contributed by atoms with van der Waals surface area (Å²) in [4.78, 5) is 10.7. The minimum absolute atomic E-state index is 0.893. The van der Waals surface area contributed by atoms with Crippen LogP contribution in [0.15, 0.2) is 211 Å². The van der Waals surface area contributed by atoms with Crippen molar-refractivity contribution in [1.29, 1.82) is 0 Å². The molecule has 0 unspecified atom stereocenters. The number of furan rings is 1. The minimum atomic E-state index is 0.893. The number of pyridine rings is 2. The summed E-state index contributed by atoms with van der Waals surface area (Å²) in [6.45, 7) is 0. The van der Waals surface area contributed by atoms with Gasteiger partial charge in [0.2, 0.25) is 0 Å². The van der Waals surface area contributed by atoms with Crippen LogP contribution in [0.4, 0.5) is 0 Å². The lowest BCUT2D eigenvalue weighted by Crippen LogP contribution is -1.92. The Hall–Kier alpha value is -8.14. The quantitative estimate of drug-likeness (QED) is 0.132. The van der Waals surface area contributed by atoms with Gasteiger partial charge in [-0.15, -0.1) is 0 Å². The van der Waals surface area contributed by atoms with Crippen molar-refractivity contribution in [2.75, 3.05) is 0 Å². The summed E-state index contributed by atoms with van der Waals surface area (Å²) in [5.74, 6) is 0. The predicted molar refractivity (Wildman–Crippen MR) is 256 cm³/mol. The van der Waals surface area contributed by atoms with Gasteiger partial charge in [-0.2, -0.15) is 0 Å². The first-order chi connectivity index (χ1) is 30.2. The molecule has 0 aliphatic carbocycles. The molecule has 13 rings (SSSR count). The molecular weight excluding hydrogens is 741 g/mol. The van der Waals surface area contributed by atoms with E-state index in [0.717, 1.165) is 88.2 Å². The number of rotatable bonds is 4. The highest BCUT2D eigenvalue weighted by molar-refractivity contribution is 6.25. The van der Waals surface area contributed by atoms with Crippen LogP contribution in [0.3, 0.4) is 0 Å². The average molecular weight is 775 g/mol. The number of benzene rings is 10. The number of hydrogen-bond donors (Lipinski definition) is 0. The van der Waals surface area contributed by atoms with Crippen LogP contribution in [0.5, 0.6) is 0 Å². The summed E-state index contributed by atoms with van der Waals surface area (Å²) in [6.07, 6.45) is 0. The molecule has 0 saturated heterocycles. The lowest BCUT2D eigenvalue weighted by Gasteiger charge is -2.14.